The standard InChI is InChI=1S/C14H14N2O3/c17-13(18)11-9-16(12-6-2-1-5-10(11)12)14(19)15-7-3-4-8-15/h1-2,5-6,9H,3-4,7-8H2,(H,17,18). The summed E-state index contributed by atoms with van der Waals surface area (Å²) in [6.45, 7) is 1.49. The average molecular weight is 258 g/mol. The van der Waals surface area contributed by atoms with Crippen LogP contribution in [0, 0.1) is 0 Å². The van der Waals surface area contributed by atoms with E-state index in [1.807, 2.05) is 6.07 Å². The zero-order valence-corrected chi connectivity index (χ0v) is 10.4. The molecule has 1 aromatic heterocycles. The summed E-state index contributed by atoms with van der Waals surface area (Å²) in [4.78, 5) is 25.4. The molecule has 19 heavy (non-hydrogen) atoms. The van der Waals surface area contributed by atoms with Crippen LogP contribution in [0.5, 0.6) is 0 Å². The minimum absolute atomic E-state index is 0.138. The van der Waals surface area contributed by atoms with Crippen molar-refractivity contribution in [2.75, 3.05) is 13.1 Å². The fourth-order valence-electron chi connectivity index (χ4n) is 2.57. The number of amides is 1. The van der Waals surface area contributed by atoms with E-state index in [1.54, 1.807) is 23.1 Å². The second kappa shape index (κ2) is 4.42. The van der Waals surface area contributed by atoms with Gasteiger partial charge in [-0.25, -0.2) is 9.59 Å². The molecule has 5 heteroatoms. The third-order valence-corrected chi connectivity index (χ3v) is 3.53. The van der Waals surface area contributed by atoms with Crippen LogP contribution in [0.3, 0.4) is 0 Å². The van der Waals surface area contributed by atoms with Gasteiger partial charge in [-0.2, -0.15) is 0 Å². The van der Waals surface area contributed by atoms with Crippen LogP contribution in [-0.2, 0) is 0 Å². The Morgan fingerprint density at radius 3 is 2.47 bits per heavy atom. The molecule has 0 bridgehead atoms. The third kappa shape index (κ3) is 1.87. The van der Waals surface area contributed by atoms with Crippen LogP contribution in [0.4, 0.5) is 4.79 Å². The van der Waals surface area contributed by atoms with Crippen molar-refractivity contribution in [2.24, 2.45) is 0 Å². The molecule has 1 N–H and O–H groups in total. The lowest BCUT2D eigenvalue weighted by atomic mass is 10.2. The Balaban J connectivity index is 2.13. The molecule has 0 atom stereocenters. The summed E-state index contributed by atoms with van der Waals surface area (Å²) < 4.78 is 1.45. The van der Waals surface area contributed by atoms with Gasteiger partial charge in [-0.05, 0) is 18.9 Å². The number of aromatic nitrogens is 1. The van der Waals surface area contributed by atoms with Gasteiger partial charge in [0.05, 0.1) is 11.1 Å². The summed E-state index contributed by atoms with van der Waals surface area (Å²) in [5, 5.41) is 9.80. The van der Waals surface area contributed by atoms with Gasteiger partial charge in [0.25, 0.3) is 0 Å². The van der Waals surface area contributed by atoms with Crippen molar-refractivity contribution in [1.82, 2.24) is 9.47 Å². The Kier molecular flexibility index (Phi) is 2.74. The summed E-state index contributed by atoms with van der Waals surface area (Å²) in [5.41, 5.74) is 0.819. The molecule has 0 radical (unpaired) electrons. The van der Waals surface area contributed by atoms with Gasteiger partial charge in [0, 0.05) is 24.7 Å². The van der Waals surface area contributed by atoms with Crippen LogP contribution in [0.15, 0.2) is 30.5 Å². The van der Waals surface area contributed by atoms with E-state index in [9.17, 15) is 14.7 Å². The van der Waals surface area contributed by atoms with E-state index >= 15 is 0 Å². The molecule has 2 heterocycles. The Labute approximate surface area is 110 Å². The van der Waals surface area contributed by atoms with Crippen LogP contribution in [0.25, 0.3) is 10.9 Å². The zero-order valence-electron chi connectivity index (χ0n) is 10.4. The molecule has 0 saturated carbocycles. The number of aromatic carboxylic acids is 1. The van der Waals surface area contributed by atoms with Crippen molar-refractivity contribution in [2.45, 2.75) is 12.8 Å². The van der Waals surface area contributed by atoms with E-state index in [2.05, 4.69) is 0 Å². The molecule has 1 aromatic carbocycles. The summed E-state index contributed by atoms with van der Waals surface area (Å²) in [5.74, 6) is -1.01. The molecular formula is C14H14N2O3. The zero-order chi connectivity index (χ0) is 13.4. The number of hydrogen-bond acceptors (Lipinski definition) is 2. The highest BCUT2D eigenvalue weighted by Gasteiger charge is 2.23. The van der Waals surface area contributed by atoms with E-state index < -0.39 is 5.97 Å². The number of para-hydroxylation sites is 1. The maximum absolute atomic E-state index is 12.4. The first kappa shape index (κ1) is 11.8. The number of carbonyl (C=O) groups is 2. The van der Waals surface area contributed by atoms with Crippen LogP contribution >= 0.6 is 0 Å². The van der Waals surface area contributed by atoms with Gasteiger partial charge >= 0.3 is 12.0 Å². The van der Waals surface area contributed by atoms with Gasteiger partial charge in [0.2, 0.25) is 0 Å². The highest BCUT2D eigenvalue weighted by atomic mass is 16.4. The predicted molar refractivity (Wildman–Crippen MR) is 70.5 cm³/mol. The third-order valence-electron chi connectivity index (χ3n) is 3.53. The molecule has 1 fully saturated rings. The van der Waals surface area contributed by atoms with E-state index in [0.29, 0.717) is 10.9 Å². The minimum atomic E-state index is -1.01. The molecule has 0 unspecified atom stereocenters. The molecule has 0 aliphatic carbocycles. The molecule has 1 amide bonds. The van der Waals surface area contributed by atoms with Crippen molar-refractivity contribution in [3.05, 3.63) is 36.0 Å². The van der Waals surface area contributed by atoms with Crippen LogP contribution < -0.4 is 0 Å². The summed E-state index contributed by atoms with van der Waals surface area (Å²) in [7, 11) is 0. The lowest BCUT2D eigenvalue weighted by Crippen LogP contribution is -2.31. The highest BCUT2D eigenvalue weighted by molar-refractivity contribution is 6.06. The normalized spacial score (nSPS) is 15.1. The van der Waals surface area contributed by atoms with Gasteiger partial charge in [0.15, 0.2) is 0 Å². The number of benzene rings is 1. The predicted octanol–water partition coefficient (Wildman–Crippen LogP) is 2.40. The topological polar surface area (TPSA) is 62.5 Å². The summed E-state index contributed by atoms with van der Waals surface area (Å²) in [6, 6.07) is 6.95. The van der Waals surface area contributed by atoms with Crippen molar-refractivity contribution >= 4 is 22.9 Å². The van der Waals surface area contributed by atoms with Crippen molar-refractivity contribution < 1.29 is 14.7 Å². The second-order valence-corrected chi connectivity index (χ2v) is 4.71. The first-order valence-electron chi connectivity index (χ1n) is 6.31. The number of likely N-dealkylation sites (tertiary alicyclic amines) is 1. The van der Waals surface area contributed by atoms with Gasteiger partial charge in [-0.3, -0.25) is 4.57 Å². The Morgan fingerprint density at radius 1 is 1.11 bits per heavy atom. The number of nitrogens with zero attached hydrogens (tertiary/aromatic N) is 2. The quantitative estimate of drug-likeness (QED) is 0.854. The molecule has 98 valence electrons. The average Bonchev–Trinajstić information content (AvgIpc) is 3.05. The first-order valence-corrected chi connectivity index (χ1v) is 6.31. The number of rotatable bonds is 1. The fraction of sp³-hybridized carbons (Fsp3) is 0.286. The van der Waals surface area contributed by atoms with E-state index in [-0.39, 0.29) is 11.6 Å². The molecular weight excluding hydrogens is 244 g/mol. The maximum atomic E-state index is 12.4. The van der Waals surface area contributed by atoms with E-state index in [0.717, 1.165) is 25.9 Å². The van der Waals surface area contributed by atoms with E-state index in [1.165, 1.54) is 10.8 Å². The highest BCUT2D eigenvalue weighted by Crippen LogP contribution is 2.22. The SMILES string of the molecule is O=C(O)c1cn(C(=O)N2CCCC2)c2ccccc12. The van der Waals surface area contributed by atoms with Crippen LogP contribution in [0.2, 0.25) is 0 Å². The number of carboxylic acids is 1. The number of carboxylic acid groups (broad SMARTS) is 1. The van der Waals surface area contributed by atoms with Crippen LogP contribution in [0.1, 0.15) is 23.2 Å². The van der Waals surface area contributed by atoms with Crippen molar-refractivity contribution in [3.8, 4) is 0 Å². The summed E-state index contributed by atoms with van der Waals surface area (Å²) in [6.07, 6.45) is 3.45. The smallest absolute Gasteiger partial charge is 0.337 e. The second-order valence-electron chi connectivity index (χ2n) is 4.71. The lowest BCUT2D eigenvalue weighted by Gasteiger charge is -2.16. The monoisotopic (exact) mass is 258 g/mol. The molecule has 1 saturated heterocycles. The fourth-order valence-corrected chi connectivity index (χ4v) is 2.57. The molecule has 5 nitrogen and oxygen atoms in total. The van der Waals surface area contributed by atoms with Crippen molar-refractivity contribution in [1.29, 1.82) is 0 Å². The van der Waals surface area contributed by atoms with Gasteiger partial charge in [-0.1, -0.05) is 18.2 Å². The molecule has 0 spiro atoms. The largest absolute Gasteiger partial charge is 0.478 e. The Morgan fingerprint density at radius 2 is 1.79 bits per heavy atom. The maximum Gasteiger partial charge on any atom is 0.337 e. The molecule has 1 aliphatic rings. The first-order chi connectivity index (χ1) is 9.18. The lowest BCUT2D eigenvalue weighted by molar-refractivity contribution is 0.0699. The van der Waals surface area contributed by atoms with Gasteiger partial charge in [0.1, 0.15) is 0 Å². The van der Waals surface area contributed by atoms with Gasteiger partial charge < -0.3 is 10.0 Å². The number of hydrogen-bond donors (Lipinski definition) is 1. The molecule has 1 aliphatic heterocycles. The number of fused-ring (bicyclic) bond motifs is 1. The van der Waals surface area contributed by atoms with Crippen LogP contribution in [-0.4, -0.2) is 39.7 Å². The molecule has 2 aromatic rings. The van der Waals surface area contributed by atoms with E-state index in [4.69, 9.17) is 0 Å². The Hall–Kier alpha value is -2.30. The van der Waals surface area contributed by atoms with Crippen molar-refractivity contribution in [3.63, 3.8) is 0 Å². The number of carbonyl (C=O) groups excluding carboxylic acids is 1. The summed E-state index contributed by atoms with van der Waals surface area (Å²) >= 11 is 0. The molecule has 3 rings (SSSR count). The Bertz CT molecular complexity index is 654. The van der Waals surface area contributed by atoms with Gasteiger partial charge in [-0.15, -0.1) is 0 Å². The minimum Gasteiger partial charge on any atom is -0.478 e.